The van der Waals surface area contributed by atoms with E-state index in [0.717, 1.165) is 23.1 Å². The van der Waals surface area contributed by atoms with Crippen LogP contribution in [0, 0.1) is 0 Å². The Hall–Kier alpha value is -1.92. The van der Waals surface area contributed by atoms with Gasteiger partial charge in [0.15, 0.2) is 0 Å². The predicted molar refractivity (Wildman–Crippen MR) is 82.2 cm³/mol. The van der Waals surface area contributed by atoms with Gasteiger partial charge in [-0.25, -0.2) is 0 Å². The van der Waals surface area contributed by atoms with Crippen LogP contribution in [0.3, 0.4) is 0 Å². The molecule has 0 fully saturated rings. The fourth-order valence-electron chi connectivity index (χ4n) is 2.36. The summed E-state index contributed by atoms with van der Waals surface area (Å²) in [5.41, 5.74) is 1.99. The van der Waals surface area contributed by atoms with Gasteiger partial charge in [0, 0.05) is 32.1 Å². The lowest BCUT2D eigenvalue weighted by molar-refractivity contribution is -0.138. The first-order valence-electron chi connectivity index (χ1n) is 6.97. The quantitative estimate of drug-likeness (QED) is 0.825. The minimum Gasteiger partial charge on any atom is -0.480 e. The number of hydrogen-bond donors (Lipinski definition) is 1. The number of nitrogens with zero attached hydrogens (tertiary/aromatic N) is 4. The smallest absolute Gasteiger partial charge is 0.317 e. The minimum atomic E-state index is -0.811. The van der Waals surface area contributed by atoms with Crippen LogP contribution in [-0.2, 0) is 18.4 Å². The Morgan fingerprint density at radius 3 is 2.67 bits per heavy atom. The Balaban J connectivity index is 2.19. The molecule has 1 heterocycles. The third-order valence-corrected chi connectivity index (χ3v) is 3.43. The highest BCUT2D eigenvalue weighted by Gasteiger charge is 2.15. The Kier molecular flexibility index (Phi) is 4.93. The molecule has 1 N–H and O–H groups in total. The van der Waals surface area contributed by atoms with Gasteiger partial charge in [0.25, 0.3) is 0 Å². The lowest BCUT2D eigenvalue weighted by Crippen LogP contribution is -2.35. The molecule has 0 aliphatic carbocycles. The average Bonchev–Trinajstić information content (AvgIpc) is 2.73. The number of carbonyl (C=O) groups is 1. The molecule has 0 amide bonds. The molecular weight excluding hydrogens is 268 g/mol. The number of carboxylic acid groups (broad SMARTS) is 1. The van der Waals surface area contributed by atoms with Gasteiger partial charge in [-0.15, -0.1) is 0 Å². The van der Waals surface area contributed by atoms with Crippen molar-refractivity contribution in [3.05, 3.63) is 30.0 Å². The Morgan fingerprint density at radius 1 is 1.29 bits per heavy atom. The lowest BCUT2D eigenvalue weighted by atomic mass is 10.2. The topological polar surface area (TPSA) is 61.6 Å². The van der Waals surface area contributed by atoms with E-state index in [2.05, 4.69) is 5.10 Å². The third-order valence-electron chi connectivity index (χ3n) is 3.43. The van der Waals surface area contributed by atoms with Gasteiger partial charge in [0.05, 0.1) is 17.8 Å². The van der Waals surface area contributed by atoms with Crippen LogP contribution in [0.1, 0.15) is 5.69 Å². The van der Waals surface area contributed by atoms with E-state index < -0.39 is 5.97 Å². The van der Waals surface area contributed by atoms with Gasteiger partial charge in [-0.3, -0.25) is 14.4 Å². The SMILES string of the molecule is CN(C)CCN(CC(=O)O)Cc1nn(C)c2ccccc12. The molecule has 2 rings (SSSR count). The van der Waals surface area contributed by atoms with E-state index in [1.165, 1.54) is 0 Å². The van der Waals surface area contributed by atoms with Gasteiger partial charge in [-0.05, 0) is 20.2 Å². The molecule has 114 valence electrons. The molecule has 21 heavy (non-hydrogen) atoms. The van der Waals surface area contributed by atoms with Gasteiger partial charge in [-0.2, -0.15) is 5.10 Å². The van der Waals surface area contributed by atoms with Crippen LogP contribution in [0.5, 0.6) is 0 Å². The molecule has 0 aliphatic heterocycles. The number of aryl methyl sites for hydroxylation is 1. The Morgan fingerprint density at radius 2 is 2.00 bits per heavy atom. The molecule has 0 spiro atoms. The van der Waals surface area contributed by atoms with Crippen molar-refractivity contribution in [2.24, 2.45) is 7.05 Å². The summed E-state index contributed by atoms with van der Waals surface area (Å²) in [5.74, 6) is -0.811. The van der Waals surface area contributed by atoms with Crippen LogP contribution in [-0.4, -0.2) is 64.4 Å². The van der Waals surface area contributed by atoms with E-state index >= 15 is 0 Å². The zero-order valence-electron chi connectivity index (χ0n) is 12.8. The second kappa shape index (κ2) is 6.69. The van der Waals surface area contributed by atoms with Crippen LogP contribution in [0.2, 0.25) is 0 Å². The highest BCUT2D eigenvalue weighted by Crippen LogP contribution is 2.18. The zero-order valence-corrected chi connectivity index (χ0v) is 12.8. The highest BCUT2D eigenvalue weighted by molar-refractivity contribution is 5.81. The van der Waals surface area contributed by atoms with Crippen molar-refractivity contribution in [2.45, 2.75) is 6.54 Å². The van der Waals surface area contributed by atoms with Crippen molar-refractivity contribution >= 4 is 16.9 Å². The second-order valence-corrected chi connectivity index (χ2v) is 5.50. The maximum absolute atomic E-state index is 11.0. The molecule has 6 nitrogen and oxygen atoms in total. The summed E-state index contributed by atoms with van der Waals surface area (Å²) in [7, 11) is 5.87. The molecule has 6 heteroatoms. The molecule has 0 bridgehead atoms. The molecule has 0 saturated heterocycles. The normalized spacial score (nSPS) is 11.7. The summed E-state index contributed by atoms with van der Waals surface area (Å²) >= 11 is 0. The van der Waals surface area contributed by atoms with Gasteiger partial charge in [-0.1, -0.05) is 18.2 Å². The fraction of sp³-hybridized carbons (Fsp3) is 0.467. The number of carboxylic acids is 1. The van der Waals surface area contributed by atoms with Crippen molar-refractivity contribution in [3.8, 4) is 0 Å². The van der Waals surface area contributed by atoms with Gasteiger partial charge in [0.1, 0.15) is 0 Å². The maximum Gasteiger partial charge on any atom is 0.317 e. The first kappa shape index (κ1) is 15.5. The van der Waals surface area contributed by atoms with Crippen LogP contribution in [0.25, 0.3) is 10.9 Å². The molecule has 2 aromatic rings. The summed E-state index contributed by atoms with van der Waals surface area (Å²) in [6.45, 7) is 2.09. The summed E-state index contributed by atoms with van der Waals surface area (Å²) in [6, 6.07) is 8.01. The number of aromatic nitrogens is 2. The number of fused-ring (bicyclic) bond motifs is 1. The van der Waals surface area contributed by atoms with Gasteiger partial charge < -0.3 is 10.0 Å². The van der Waals surface area contributed by atoms with E-state index in [-0.39, 0.29) is 6.54 Å². The van der Waals surface area contributed by atoms with E-state index in [1.54, 1.807) is 0 Å². The van der Waals surface area contributed by atoms with Crippen LogP contribution in [0.4, 0.5) is 0 Å². The number of aliphatic carboxylic acids is 1. The van der Waals surface area contributed by atoms with Crippen molar-refractivity contribution in [3.63, 3.8) is 0 Å². The molecule has 0 atom stereocenters. The summed E-state index contributed by atoms with van der Waals surface area (Å²) in [4.78, 5) is 15.0. The minimum absolute atomic E-state index is 0.0265. The van der Waals surface area contributed by atoms with E-state index in [0.29, 0.717) is 13.1 Å². The van der Waals surface area contributed by atoms with Crippen molar-refractivity contribution in [1.82, 2.24) is 19.6 Å². The molecular formula is C15H22N4O2. The van der Waals surface area contributed by atoms with Gasteiger partial charge >= 0.3 is 5.97 Å². The summed E-state index contributed by atoms with van der Waals surface area (Å²) < 4.78 is 1.84. The second-order valence-electron chi connectivity index (χ2n) is 5.50. The summed E-state index contributed by atoms with van der Waals surface area (Å²) in [6.07, 6.45) is 0. The number of likely N-dealkylation sites (N-methyl/N-ethyl adjacent to an activating group) is 1. The van der Waals surface area contributed by atoms with Crippen molar-refractivity contribution in [2.75, 3.05) is 33.7 Å². The number of hydrogen-bond acceptors (Lipinski definition) is 4. The van der Waals surface area contributed by atoms with Crippen molar-refractivity contribution < 1.29 is 9.90 Å². The monoisotopic (exact) mass is 290 g/mol. The number of rotatable bonds is 7. The summed E-state index contributed by atoms with van der Waals surface area (Å²) in [5, 5.41) is 14.7. The third kappa shape index (κ3) is 4.03. The zero-order chi connectivity index (χ0) is 15.4. The maximum atomic E-state index is 11.0. The van der Waals surface area contributed by atoms with E-state index in [9.17, 15) is 4.79 Å². The number of benzene rings is 1. The molecule has 0 unspecified atom stereocenters. The average molecular weight is 290 g/mol. The molecule has 0 aliphatic rings. The van der Waals surface area contributed by atoms with E-state index in [1.807, 2.05) is 59.9 Å². The first-order chi connectivity index (χ1) is 9.97. The molecule has 1 aromatic heterocycles. The van der Waals surface area contributed by atoms with Gasteiger partial charge in [0.2, 0.25) is 0 Å². The fourth-order valence-corrected chi connectivity index (χ4v) is 2.36. The van der Waals surface area contributed by atoms with Crippen LogP contribution >= 0.6 is 0 Å². The Labute approximate surface area is 124 Å². The lowest BCUT2D eigenvalue weighted by Gasteiger charge is -2.21. The predicted octanol–water partition coefficient (Wildman–Crippen LogP) is 1.02. The van der Waals surface area contributed by atoms with Crippen LogP contribution in [0.15, 0.2) is 24.3 Å². The molecule has 0 radical (unpaired) electrons. The van der Waals surface area contributed by atoms with Crippen molar-refractivity contribution in [1.29, 1.82) is 0 Å². The standard InChI is InChI=1S/C15H22N4O2/c1-17(2)8-9-19(11-15(20)21)10-13-12-6-4-5-7-14(12)18(3)16-13/h4-7H,8-11H2,1-3H3,(H,20,21). The number of para-hydroxylation sites is 1. The van der Waals surface area contributed by atoms with Crippen LogP contribution < -0.4 is 0 Å². The molecule has 1 aromatic carbocycles. The largest absolute Gasteiger partial charge is 0.480 e. The van der Waals surface area contributed by atoms with E-state index in [4.69, 9.17) is 5.11 Å². The highest BCUT2D eigenvalue weighted by atomic mass is 16.4. The Bertz CT molecular complexity index is 621. The molecule has 0 saturated carbocycles. The first-order valence-corrected chi connectivity index (χ1v) is 6.97.